The van der Waals surface area contributed by atoms with Crippen LogP contribution in [0, 0.1) is 11.3 Å². The number of esters is 1. The van der Waals surface area contributed by atoms with E-state index in [0.29, 0.717) is 0 Å². The molecule has 0 aliphatic rings. The molecule has 1 aromatic carbocycles. The molecule has 72 valence electrons. The molecule has 0 unspecified atom stereocenters. The van der Waals surface area contributed by atoms with Crippen molar-refractivity contribution in [3.8, 4) is 6.07 Å². The van der Waals surface area contributed by atoms with Crippen LogP contribution in [0.4, 0.5) is 0 Å². The van der Waals surface area contributed by atoms with Gasteiger partial charge < -0.3 is 4.74 Å². The Labute approximate surface area is 86.7 Å². The minimum atomic E-state index is -0.361. The van der Waals surface area contributed by atoms with E-state index in [4.69, 9.17) is 5.26 Å². The average molecular weight is 207 g/mol. The summed E-state index contributed by atoms with van der Waals surface area (Å²) in [4.78, 5) is 12.0. The van der Waals surface area contributed by atoms with Gasteiger partial charge in [-0.25, -0.2) is 0 Å². The molecule has 0 aliphatic heterocycles. The van der Waals surface area contributed by atoms with Crippen LogP contribution in [0.2, 0.25) is 0 Å². The number of benzene rings is 1. The van der Waals surface area contributed by atoms with Crippen LogP contribution in [-0.4, -0.2) is 18.3 Å². The molecule has 0 aromatic heterocycles. The summed E-state index contributed by atoms with van der Waals surface area (Å²) >= 11 is 1.40. The van der Waals surface area contributed by atoms with Gasteiger partial charge in [-0.05, 0) is 12.1 Å². The number of hydrogen-bond donors (Lipinski definition) is 0. The van der Waals surface area contributed by atoms with Crippen LogP contribution >= 0.6 is 11.8 Å². The summed E-state index contributed by atoms with van der Waals surface area (Å²) in [6.07, 6.45) is 0. The summed E-state index contributed by atoms with van der Waals surface area (Å²) in [5.41, 5.74) is 0. The number of hydrogen-bond acceptors (Lipinski definition) is 4. The topological polar surface area (TPSA) is 50.1 Å². The van der Waals surface area contributed by atoms with E-state index in [2.05, 4.69) is 4.74 Å². The van der Waals surface area contributed by atoms with Crippen molar-refractivity contribution in [2.75, 3.05) is 12.4 Å². The van der Waals surface area contributed by atoms with Crippen molar-refractivity contribution >= 4 is 17.7 Å². The Kier molecular flexibility index (Phi) is 4.59. The van der Waals surface area contributed by atoms with Gasteiger partial charge in [-0.1, -0.05) is 18.2 Å². The van der Waals surface area contributed by atoms with Crippen LogP contribution in [0.1, 0.15) is 0 Å². The van der Waals surface area contributed by atoms with Crippen molar-refractivity contribution in [2.45, 2.75) is 4.90 Å². The van der Waals surface area contributed by atoms with Crippen molar-refractivity contribution in [3.63, 3.8) is 0 Å². The highest BCUT2D eigenvalue weighted by Crippen LogP contribution is 2.16. The molecular formula is C10H9NO2S. The first-order chi connectivity index (χ1) is 6.83. The van der Waals surface area contributed by atoms with Crippen LogP contribution in [0.3, 0.4) is 0 Å². The lowest BCUT2D eigenvalue weighted by Crippen LogP contribution is -2.06. The maximum atomic E-state index is 11.0. The average Bonchev–Trinajstić information content (AvgIpc) is 2.25. The molecule has 0 radical (unpaired) electrons. The lowest BCUT2D eigenvalue weighted by molar-refractivity contribution is -0.139. The van der Waals surface area contributed by atoms with Crippen LogP contribution in [-0.2, 0) is 9.53 Å². The molecule has 14 heavy (non-hydrogen) atoms. The Balaban J connectivity index is 2.28. The minimum Gasteiger partial charge on any atom is -0.450 e. The van der Waals surface area contributed by atoms with Crippen molar-refractivity contribution in [3.05, 3.63) is 30.3 Å². The molecule has 3 nitrogen and oxygen atoms in total. The lowest BCUT2D eigenvalue weighted by atomic mass is 10.4. The monoisotopic (exact) mass is 207 g/mol. The summed E-state index contributed by atoms with van der Waals surface area (Å²) in [7, 11) is 0. The smallest absolute Gasteiger partial charge is 0.317 e. The first-order valence-corrected chi connectivity index (χ1v) is 5.02. The lowest BCUT2D eigenvalue weighted by Gasteiger charge is -2.00. The van der Waals surface area contributed by atoms with Crippen molar-refractivity contribution in [2.24, 2.45) is 0 Å². The van der Waals surface area contributed by atoms with Gasteiger partial charge in [0.1, 0.15) is 6.07 Å². The molecule has 0 saturated carbocycles. The molecule has 0 aliphatic carbocycles. The highest BCUT2D eigenvalue weighted by Gasteiger charge is 2.02. The molecule has 0 atom stereocenters. The Morgan fingerprint density at radius 2 is 2.14 bits per heavy atom. The number of nitrogens with zero attached hydrogens (tertiary/aromatic N) is 1. The highest BCUT2D eigenvalue weighted by molar-refractivity contribution is 8.00. The van der Waals surface area contributed by atoms with Crippen molar-refractivity contribution < 1.29 is 9.53 Å². The van der Waals surface area contributed by atoms with Gasteiger partial charge in [-0.2, -0.15) is 5.26 Å². The van der Waals surface area contributed by atoms with E-state index in [9.17, 15) is 4.79 Å². The number of thioether (sulfide) groups is 1. The molecule has 0 bridgehead atoms. The van der Waals surface area contributed by atoms with E-state index in [1.54, 1.807) is 6.07 Å². The molecule has 4 heteroatoms. The van der Waals surface area contributed by atoms with Crippen molar-refractivity contribution in [1.29, 1.82) is 5.26 Å². The maximum Gasteiger partial charge on any atom is 0.317 e. The fourth-order valence-corrected chi connectivity index (χ4v) is 1.53. The number of carbonyl (C=O) groups is 1. The fourth-order valence-electron chi connectivity index (χ4n) is 0.813. The van der Waals surface area contributed by atoms with Gasteiger partial charge in [0.15, 0.2) is 6.61 Å². The van der Waals surface area contributed by atoms with Crippen LogP contribution in [0.25, 0.3) is 0 Å². The Hall–Kier alpha value is -1.47. The van der Waals surface area contributed by atoms with E-state index in [1.165, 1.54) is 11.8 Å². The highest BCUT2D eigenvalue weighted by atomic mass is 32.2. The summed E-state index contributed by atoms with van der Waals surface area (Å²) in [6, 6.07) is 11.3. The van der Waals surface area contributed by atoms with Gasteiger partial charge in [0.05, 0.1) is 5.75 Å². The summed E-state index contributed by atoms with van der Waals surface area (Å²) < 4.78 is 4.59. The number of carbonyl (C=O) groups excluding carboxylic acids is 1. The zero-order valence-corrected chi connectivity index (χ0v) is 8.29. The van der Waals surface area contributed by atoms with Crippen LogP contribution in [0.5, 0.6) is 0 Å². The fraction of sp³-hybridized carbons (Fsp3) is 0.200. The third-order valence-corrected chi connectivity index (χ3v) is 2.38. The molecule has 1 rings (SSSR count). The van der Waals surface area contributed by atoms with E-state index in [-0.39, 0.29) is 18.3 Å². The van der Waals surface area contributed by atoms with Gasteiger partial charge in [0.25, 0.3) is 0 Å². The quantitative estimate of drug-likeness (QED) is 0.558. The van der Waals surface area contributed by atoms with Gasteiger partial charge in [-0.15, -0.1) is 11.8 Å². The number of ether oxygens (including phenoxy) is 1. The Morgan fingerprint density at radius 3 is 2.79 bits per heavy atom. The molecule has 0 amide bonds. The third-order valence-electron chi connectivity index (χ3n) is 1.40. The van der Waals surface area contributed by atoms with Gasteiger partial charge >= 0.3 is 5.97 Å². The zero-order chi connectivity index (χ0) is 10.2. The number of nitriles is 1. The molecule has 0 N–H and O–H groups in total. The number of rotatable bonds is 4. The Bertz CT molecular complexity index is 332. The molecule has 0 fully saturated rings. The van der Waals surface area contributed by atoms with E-state index >= 15 is 0 Å². The second-order valence-corrected chi connectivity index (χ2v) is 3.47. The second kappa shape index (κ2) is 6.06. The third kappa shape index (κ3) is 3.97. The largest absolute Gasteiger partial charge is 0.450 e. The normalized spacial score (nSPS) is 9.07. The summed E-state index contributed by atoms with van der Waals surface area (Å²) in [6.45, 7) is -0.172. The molecule has 0 heterocycles. The summed E-state index contributed by atoms with van der Waals surface area (Å²) in [5.74, 6) is -0.119. The maximum absolute atomic E-state index is 11.0. The second-order valence-electron chi connectivity index (χ2n) is 2.42. The standard InChI is InChI=1S/C10H9NO2S/c11-6-7-13-10(12)8-14-9-4-2-1-3-5-9/h1-5H,7-8H2. The SMILES string of the molecule is N#CCOC(=O)CSc1ccccc1. The van der Waals surface area contributed by atoms with E-state index < -0.39 is 0 Å². The first kappa shape index (κ1) is 10.6. The van der Waals surface area contributed by atoms with Crippen molar-refractivity contribution in [1.82, 2.24) is 0 Å². The predicted octanol–water partition coefficient (Wildman–Crippen LogP) is 1.85. The molecule has 0 spiro atoms. The van der Waals surface area contributed by atoms with Gasteiger partial charge in [0, 0.05) is 4.90 Å². The van der Waals surface area contributed by atoms with Crippen LogP contribution in [0.15, 0.2) is 35.2 Å². The van der Waals surface area contributed by atoms with E-state index in [0.717, 1.165) is 4.90 Å². The zero-order valence-electron chi connectivity index (χ0n) is 7.47. The van der Waals surface area contributed by atoms with Gasteiger partial charge in [-0.3, -0.25) is 4.79 Å². The summed E-state index contributed by atoms with van der Waals surface area (Å²) in [5, 5.41) is 8.17. The Morgan fingerprint density at radius 1 is 1.43 bits per heavy atom. The van der Waals surface area contributed by atoms with Gasteiger partial charge in [0.2, 0.25) is 0 Å². The molecular weight excluding hydrogens is 198 g/mol. The first-order valence-electron chi connectivity index (χ1n) is 4.03. The molecule has 1 aromatic rings. The minimum absolute atomic E-state index is 0.172. The van der Waals surface area contributed by atoms with Crippen LogP contribution < -0.4 is 0 Å². The predicted molar refractivity (Wildman–Crippen MR) is 53.7 cm³/mol. The van der Waals surface area contributed by atoms with E-state index in [1.807, 2.05) is 30.3 Å². The molecule has 0 saturated heterocycles.